The van der Waals surface area contributed by atoms with Gasteiger partial charge in [-0.3, -0.25) is 4.90 Å². The van der Waals surface area contributed by atoms with Crippen LogP contribution in [0.5, 0.6) is 5.75 Å². The standard InChI is InChI=1S/C17H21N3O4/c1-12-3-4-15(23-2)13(9-12)10-19-5-7-20(8-6-19)17-18-14(11-24-17)16(21)22/h3-4,9,11H,5-8,10H2,1-2H3,(H,21,22). The van der Waals surface area contributed by atoms with Crippen LogP contribution in [0.2, 0.25) is 0 Å². The number of hydrogen-bond acceptors (Lipinski definition) is 6. The summed E-state index contributed by atoms with van der Waals surface area (Å²) in [5, 5.41) is 8.91. The SMILES string of the molecule is COc1ccc(C)cc1CN1CCN(c2nc(C(=O)O)co2)CC1. The van der Waals surface area contributed by atoms with Gasteiger partial charge in [-0.1, -0.05) is 17.7 Å². The van der Waals surface area contributed by atoms with Crippen molar-refractivity contribution in [1.29, 1.82) is 0 Å². The number of ether oxygens (including phenoxy) is 1. The molecule has 7 nitrogen and oxygen atoms in total. The maximum atomic E-state index is 10.9. The van der Waals surface area contributed by atoms with Crippen molar-refractivity contribution < 1.29 is 19.1 Å². The lowest BCUT2D eigenvalue weighted by atomic mass is 10.1. The zero-order chi connectivity index (χ0) is 17.1. The Morgan fingerprint density at radius 1 is 1.33 bits per heavy atom. The molecule has 0 amide bonds. The number of aryl methyl sites for hydroxylation is 1. The van der Waals surface area contributed by atoms with Gasteiger partial charge in [-0.2, -0.15) is 4.98 Å². The largest absolute Gasteiger partial charge is 0.496 e. The zero-order valence-electron chi connectivity index (χ0n) is 13.9. The number of oxazole rings is 1. The Hall–Kier alpha value is -2.54. The summed E-state index contributed by atoms with van der Waals surface area (Å²) in [6.45, 7) is 6.08. The highest BCUT2D eigenvalue weighted by atomic mass is 16.5. The fourth-order valence-electron chi connectivity index (χ4n) is 2.88. The maximum absolute atomic E-state index is 10.9. The predicted molar refractivity (Wildman–Crippen MR) is 88.7 cm³/mol. The quantitative estimate of drug-likeness (QED) is 0.898. The molecule has 0 aliphatic carbocycles. The van der Waals surface area contributed by atoms with Crippen molar-refractivity contribution >= 4 is 12.0 Å². The third-order valence-corrected chi connectivity index (χ3v) is 4.18. The third kappa shape index (κ3) is 3.51. The summed E-state index contributed by atoms with van der Waals surface area (Å²) in [7, 11) is 1.69. The monoisotopic (exact) mass is 331 g/mol. The van der Waals surface area contributed by atoms with Crippen LogP contribution in [-0.2, 0) is 6.54 Å². The molecular weight excluding hydrogens is 310 g/mol. The number of aromatic nitrogens is 1. The van der Waals surface area contributed by atoms with Crippen molar-refractivity contribution in [2.24, 2.45) is 0 Å². The van der Waals surface area contributed by atoms with E-state index in [1.807, 2.05) is 17.0 Å². The molecule has 1 fully saturated rings. The number of hydrogen-bond donors (Lipinski definition) is 1. The van der Waals surface area contributed by atoms with E-state index in [4.69, 9.17) is 14.3 Å². The molecule has 7 heteroatoms. The van der Waals surface area contributed by atoms with Crippen LogP contribution in [0.15, 0.2) is 28.9 Å². The van der Waals surface area contributed by atoms with Crippen molar-refractivity contribution in [3.63, 3.8) is 0 Å². The van der Waals surface area contributed by atoms with E-state index in [-0.39, 0.29) is 5.69 Å². The third-order valence-electron chi connectivity index (χ3n) is 4.18. The normalized spacial score (nSPS) is 15.5. The molecular formula is C17H21N3O4. The first kappa shape index (κ1) is 16.3. The topological polar surface area (TPSA) is 79.0 Å². The van der Waals surface area contributed by atoms with E-state index in [1.165, 1.54) is 17.4 Å². The molecule has 0 unspecified atom stereocenters. The lowest BCUT2D eigenvalue weighted by molar-refractivity contribution is 0.0690. The molecule has 0 radical (unpaired) electrons. The highest BCUT2D eigenvalue weighted by Crippen LogP contribution is 2.23. The van der Waals surface area contributed by atoms with E-state index in [0.717, 1.165) is 38.5 Å². The minimum Gasteiger partial charge on any atom is -0.496 e. The van der Waals surface area contributed by atoms with Gasteiger partial charge in [0.15, 0.2) is 5.69 Å². The lowest BCUT2D eigenvalue weighted by Crippen LogP contribution is -2.46. The molecule has 24 heavy (non-hydrogen) atoms. The number of rotatable bonds is 5. The summed E-state index contributed by atoms with van der Waals surface area (Å²) in [4.78, 5) is 19.2. The minimum atomic E-state index is -1.07. The zero-order valence-corrected chi connectivity index (χ0v) is 13.9. The molecule has 1 aliphatic heterocycles. The van der Waals surface area contributed by atoms with Gasteiger partial charge in [0.05, 0.1) is 7.11 Å². The Balaban J connectivity index is 1.61. The second-order valence-electron chi connectivity index (χ2n) is 5.90. The van der Waals surface area contributed by atoms with E-state index in [9.17, 15) is 4.79 Å². The summed E-state index contributed by atoms with van der Waals surface area (Å²) in [5.74, 6) is -0.169. The number of carbonyl (C=O) groups is 1. The number of aromatic carboxylic acids is 1. The Kier molecular flexibility index (Phi) is 4.71. The molecule has 0 atom stereocenters. The molecule has 128 valence electrons. The number of carboxylic acids is 1. The highest BCUT2D eigenvalue weighted by molar-refractivity contribution is 5.85. The van der Waals surface area contributed by atoms with E-state index in [2.05, 4.69) is 22.9 Å². The summed E-state index contributed by atoms with van der Waals surface area (Å²) >= 11 is 0. The van der Waals surface area contributed by atoms with Crippen LogP contribution in [0.3, 0.4) is 0 Å². The first-order valence-electron chi connectivity index (χ1n) is 7.86. The second kappa shape index (κ2) is 6.92. The van der Waals surface area contributed by atoms with E-state index >= 15 is 0 Å². The number of anilines is 1. The van der Waals surface area contributed by atoms with Crippen LogP contribution in [0.25, 0.3) is 0 Å². The maximum Gasteiger partial charge on any atom is 0.357 e. The second-order valence-corrected chi connectivity index (χ2v) is 5.90. The van der Waals surface area contributed by atoms with E-state index in [1.54, 1.807) is 7.11 Å². The predicted octanol–water partition coefficient (Wildman–Crippen LogP) is 2.01. The lowest BCUT2D eigenvalue weighted by Gasteiger charge is -2.34. The average Bonchev–Trinajstić information content (AvgIpc) is 3.06. The van der Waals surface area contributed by atoms with Gasteiger partial charge in [0.1, 0.15) is 12.0 Å². The van der Waals surface area contributed by atoms with E-state index < -0.39 is 5.97 Å². The summed E-state index contributed by atoms with van der Waals surface area (Å²) in [5.41, 5.74) is 2.33. The molecule has 0 saturated carbocycles. The van der Waals surface area contributed by atoms with Gasteiger partial charge in [-0.25, -0.2) is 4.79 Å². The van der Waals surface area contributed by atoms with Crippen LogP contribution in [0.1, 0.15) is 21.6 Å². The van der Waals surface area contributed by atoms with Gasteiger partial charge in [-0.05, 0) is 13.0 Å². The Labute approximate surface area is 140 Å². The first-order chi connectivity index (χ1) is 11.6. The number of methoxy groups -OCH3 is 1. The smallest absolute Gasteiger partial charge is 0.357 e. The summed E-state index contributed by atoms with van der Waals surface area (Å²) < 4.78 is 10.7. The molecule has 3 rings (SSSR count). The fraction of sp³-hybridized carbons (Fsp3) is 0.412. The number of nitrogens with zero attached hydrogens (tertiary/aromatic N) is 3. The first-order valence-corrected chi connectivity index (χ1v) is 7.86. The van der Waals surface area contributed by atoms with Gasteiger partial charge in [0, 0.05) is 38.3 Å². The van der Waals surface area contributed by atoms with Crippen molar-refractivity contribution in [2.75, 3.05) is 38.2 Å². The number of piperazine rings is 1. The Morgan fingerprint density at radius 2 is 2.08 bits per heavy atom. The van der Waals surface area contributed by atoms with Gasteiger partial charge in [0.2, 0.25) is 0 Å². The molecule has 0 bridgehead atoms. The summed E-state index contributed by atoms with van der Waals surface area (Å²) in [6, 6.07) is 6.57. The molecule has 0 spiro atoms. The number of carboxylic acid groups (broad SMARTS) is 1. The highest BCUT2D eigenvalue weighted by Gasteiger charge is 2.22. The number of benzene rings is 1. The van der Waals surface area contributed by atoms with Crippen molar-refractivity contribution in [3.8, 4) is 5.75 Å². The van der Waals surface area contributed by atoms with Gasteiger partial charge >= 0.3 is 5.97 Å². The van der Waals surface area contributed by atoms with Crippen LogP contribution in [0, 0.1) is 6.92 Å². The van der Waals surface area contributed by atoms with Crippen LogP contribution in [-0.4, -0.2) is 54.2 Å². The molecule has 1 aliphatic rings. The van der Waals surface area contributed by atoms with Crippen LogP contribution in [0.4, 0.5) is 6.01 Å². The van der Waals surface area contributed by atoms with E-state index in [0.29, 0.717) is 6.01 Å². The summed E-state index contributed by atoms with van der Waals surface area (Å²) in [6.07, 6.45) is 1.18. The van der Waals surface area contributed by atoms with Crippen LogP contribution >= 0.6 is 0 Å². The molecule has 1 saturated heterocycles. The molecule has 2 aromatic rings. The minimum absolute atomic E-state index is 0.0584. The molecule has 1 N–H and O–H groups in total. The molecule has 2 heterocycles. The van der Waals surface area contributed by atoms with Gasteiger partial charge in [-0.15, -0.1) is 0 Å². The Bertz CT molecular complexity index is 720. The van der Waals surface area contributed by atoms with Crippen molar-refractivity contribution in [2.45, 2.75) is 13.5 Å². The van der Waals surface area contributed by atoms with Crippen LogP contribution < -0.4 is 9.64 Å². The van der Waals surface area contributed by atoms with Gasteiger partial charge < -0.3 is 19.2 Å². The fourth-order valence-corrected chi connectivity index (χ4v) is 2.88. The van der Waals surface area contributed by atoms with Gasteiger partial charge in [0.25, 0.3) is 6.01 Å². The Morgan fingerprint density at radius 3 is 2.71 bits per heavy atom. The van der Waals surface area contributed by atoms with Crippen molar-refractivity contribution in [1.82, 2.24) is 9.88 Å². The average molecular weight is 331 g/mol. The molecule has 1 aromatic carbocycles. The molecule has 1 aromatic heterocycles. The van der Waals surface area contributed by atoms with Crippen molar-refractivity contribution in [3.05, 3.63) is 41.3 Å².